The molecule has 8 fully saturated rings. The molecule has 4 atom stereocenters. The van der Waals surface area contributed by atoms with Crippen molar-refractivity contribution in [2.75, 3.05) is 0 Å². The molecule has 0 saturated heterocycles. The molecule has 8 rings (SSSR count). The molecular weight excluding hydrogens is 288 g/mol. The van der Waals surface area contributed by atoms with Crippen LogP contribution in [0.4, 0.5) is 0 Å². The van der Waals surface area contributed by atoms with Gasteiger partial charge in [0.15, 0.2) is 0 Å². The summed E-state index contributed by atoms with van der Waals surface area (Å²) in [6.45, 7) is 8.66. The minimum atomic E-state index is 0.454. The molecule has 0 aliphatic heterocycles. The van der Waals surface area contributed by atoms with Gasteiger partial charge in [0, 0.05) is 0 Å². The van der Waals surface area contributed by atoms with Crippen LogP contribution in [-0.4, -0.2) is 0 Å². The van der Waals surface area contributed by atoms with Crippen LogP contribution in [0.1, 0.15) is 77.0 Å². The van der Waals surface area contributed by atoms with Crippen molar-refractivity contribution >= 4 is 0 Å². The molecule has 0 N–H and O–H groups in total. The molecular formula is C24H34. The van der Waals surface area contributed by atoms with Crippen LogP contribution >= 0.6 is 0 Å². The molecule has 0 heteroatoms. The molecule has 0 aromatic carbocycles. The summed E-state index contributed by atoms with van der Waals surface area (Å²) in [5, 5.41) is 0. The van der Waals surface area contributed by atoms with Gasteiger partial charge in [0.2, 0.25) is 0 Å². The third-order valence-electron chi connectivity index (χ3n) is 10.2. The monoisotopic (exact) mass is 322 g/mol. The van der Waals surface area contributed by atoms with E-state index in [9.17, 15) is 0 Å². The van der Waals surface area contributed by atoms with Crippen LogP contribution in [0.15, 0.2) is 24.8 Å². The molecule has 0 spiro atoms. The SMILES string of the molecule is C=CC(=C)C12C[C@H]3C[C@@H](C1)CC(C14CC5CC(CC(C5)C1)C4)(C3)C2. The molecule has 0 aromatic heterocycles. The normalized spacial score (nSPS) is 59.8. The molecule has 8 saturated carbocycles. The van der Waals surface area contributed by atoms with Crippen molar-refractivity contribution in [1.29, 1.82) is 0 Å². The van der Waals surface area contributed by atoms with Gasteiger partial charge in [-0.05, 0) is 128 Å². The Morgan fingerprint density at radius 3 is 1.62 bits per heavy atom. The second-order valence-corrected chi connectivity index (χ2v) is 11.4. The average Bonchev–Trinajstić information content (AvgIpc) is 2.51. The first kappa shape index (κ1) is 14.6. The highest BCUT2D eigenvalue weighted by Crippen LogP contribution is 2.77. The highest BCUT2D eigenvalue weighted by Gasteiger charge is 2.67. The third-order valence-corrected chi connectivity index (χ3v) is 10.2. The van der Waals surface area contributed by atoms with Crippen molar-refractivity contribution < 1.29 is 0 Å². The Balaban J connectivity index is 1.44. The molecule has 0 aromatic rings. The Kier molecular flexibility index (Phi) is 2.69. The lowest BCUT2D eigenvalue weighted by atomic mass is 9.32. The zero-order valence-corrected chi connectivity index (χ0v) is 15.4. The summed E-state index contributed by atoms with van der Waals surface area (Å²) in [6, 6.07) is 0. The van der Waals surface area contributed by atoms with Gasteiger partial charge < -0.3 is 0 Å². The Bertz CT molecular complexity index is 558. The van der Waals surface area contributed by atoms with Crippen LogP contribution in [-0.2, 0) is 0 Å². The maximum Gasteiger partial charge on any atom is -0.00423 e. The predicted molar refractivity (Wildman–Crippen MR) is 99.5 cm³/mol. The fraction of sp³-hybridized carbons (Fsp3) is 0.833. The summed E-state index contributed by atoms with van der Waals surface area (Å²) in [5.41, 5.74) is 3.30. The number of allylic oxidation sites excluding steroid dienone is 2. The fourth-order valence-corrected chi connectivity index (χ4v) is 10.2. The van der Waals surface area contributed by atoms with Gasteiger partial charge in [-0.3, -0.25) is 0 Å². The maximum atomic E-state index is 4.52. The second kappa shape index (κ2) is 4.41. The van der Waals surface area contributed by atoms with Gasteiger partial charge in [0.25, 0.3) is 0 Å². The van der Waals surface area contributed by atoms with Gasteiger partial charge in [-0.2, -0.15) is 0 Å². The van der Waals surface area contributed by atoms with E-state index in [1.165, 1.54) is 24.8 Å². The number of rotatable bonds is 3. The summed E-state index contributed by atoms with van der Waals surface area (Å²) in [7, 11) is 0. The summed E-state index contributed by atoms with van der Waals surface area (Å²) in [5.74, 6) is 5.32. The topological polar surface area (TPSA) is 0 Å². The van der Waals surface area contributed by atoms with Crippen molar-refractivity contribution in [1.82, 2.24) is 0 Å². The molecule has 2 unspecified atom stereocenters. The zero-order valence-electron chi connectivity index (χ0n) is 15.4. The van der Waals surface area contributed by atoms with Crippen LogP contribution in [0.5, 0.6) is 0 Å². The number of hydrogen-bond acceptors (Lipinski definition) is 0. The third kappa shape index (κ3) is 1.67. The lowest BCUT2D eigenvalue weighted by Crippen LogP contribution is -2.62. The molecule has 130 valence electrons. The van der Waals surface area contributed by atoms with Gasteiger partial charge in [0.1, 0.15) is 0 Å². The van der Waals surface area contributed by atoms with E-state index in [4.69, 9.17) is 0 Å². The first-order valence-electron chi connectivity index (χ1n) is 10.9. The van der Waals surface area contributed by atoms with Crippen LogP contribution in [0, 0.1) is 45.8 Å². The van der Waals surface area contributed by atoms with E-state index in [0.29, 0.717) is 10.8 Å². The van der Waals surface area contributed by atoms with Crippen LogP contribution in [0.3, 0.4) is 0 Å². The van der Waals surface area contributed by atoms with Gasteiger partial charge in [-0.1, -0.05) is 19.2 Å². The van der Waals surface area contributed by atoms with E-state index in [-0.39, 0.29) is 0 Å². The van der Waals surface area contributed by atoms with E-state index < -0.39 is 0 Å². The largest absolute Gasteiger partial charge is 0.0988 e. The van der Waals surface area contributed by atoms with Crippen molar-refractivity contribution in [2.24, 2.45) is 45.8 Å². The molecule has 8 bridgehead atoms. The molecule has 8 aliphatic rings. The van der Waals surface area contributed by atoms with E-state index in [1.807, 2.05) is 0 Å². The zero-order chi connectivity index (χ0) is 16.2. The maximum absolute atomic E-state index is 4.52. The van der Waals surface area contributed by atoms with E-state index in [1.54, 1.807) is 57.8 Å². The smallest absolute Gasteiger partial charge is 0.00423 e. The Morgan fingerprint density at radius 2 is 1.12 bits per heavy atom. The van der Waals surface area contributed by atoms with Gasteiger partial charge >= 0.3 is 0 Å². The molecule has 0 heterocycles. The Morgan fingerprint density at radius 1 is 0.667 bits per heavy atom. The van der Waals surface area contributed by atoms with Crippen molar-refractivity contribution in [3.63, 3.8) is 0 Å². The minimum absolute atomic E-state index is 0.454. The Labute approximate surface area is 148 Å². The van der Waals surface area contributed by atoms with E-state index in [0.717, 1.165) is 35.0 Å². The first-order valence-corrected chi connectivity index (χ1v) is 10.9. The van der Waals surface area contributed by atoms with E-state index >= 15 is 0 Å². The standard InChI is InChI=1S/C24H34/c1-3-16(2)22-8-20-7-21(9-22)14-24(13-20,15-22)23-10-17-4-18(11-23)6-19(5-17)12-23/h3,17-21H,1-2,4-15H2/t17?,18?,19?,20-,21+,22?,23?,24?. The molecule has 0 amide bonds. The second-order valence-electron chi connectivity index (χ2n) is 11.4. The summed E-state index contributed by atoms with van der Waals surface area (Å²) < 4.78 is 0. The van der Waals surface area contributed by atoms with Crippen LogP contribution < -0.4 is 0 Å². The van der Waals surface area contributed by atoms with Crippen molar-refractivity contribution in [3.05, 3.63) is 24.8 Å². The molecule has 0 nitrogen and oxygen atoms in total. The summed E-state index contributed by atoms with van der Waals surface area (Å²) in [4.78, 5) is 0. The van der Waals surface area contributed by atoms with Gasteiger partial charge in [-0.25, -0.2) is 0 Å². The summed E-state index contributed by atoms with van der Waals surface area (Å²) >= 11 is 0. The quantitative estimate of drug-likeness (QED) is 0.518. The highest BCUT2D eigenvalue weighted by atomic mass is 14.7. The minimum Gasteiger partial charge on any atom is -0.0988 e. The van der Waals surface area contributed by atoms with Crippen molar-refractivity contribution in [3.8, 4) is 0 Å². The molecule has 0 radical (unpaired) electrons. The van der Waals surface area contributed by atoms with Gasteiger partial charge in [0.05, 0.1) is 0 Å². The van der Waals surface area contributed by atoms with Crippen molar-refractivity contribution in [2.45, 2.75) is 77.0 Å². The highest BCUT2D eigenvalue weighted by molar-refractivity contribution is 5.29. The Hall–Kier alpha value is -0.520. The first-order chi connectivity index (χ1) is 11.5. The lowest BCUT2D eigenvalue weighted by Gasteiger charge is -2.72. The van der Waals surface area contributed by atoms with E-state index in [2.05, 4.69) is 19.2 Å². The lowest BCUT2D eigenvalue weighted by molar-refractivity contribution is -0.213. The van der Waals surface area contributed by atoms with Crippen LogP contribution in [0.2, 0.25) is 0 Å². The van der Waals surface area contributed by atoms with Crippen LogP contribution in [0.25, 0.3) is 0 Å². The predicted octanol–water partition coefficient (Wildman–Crippen LogP) is 6.53. The molecule has 8 aliphatic carbocycles. The van der Waals surface area contributed by atoms with Gasteiger partial charge in [-0.15, -0.1) is 0 Å². The summed E-state index contributed by atoms with van der Waals surface area (Å²) in [6.07, 6.45) is 20.8. The number of hydrogen-bond donors (Lipinski definition) is 0. The molecule has 24 heavy (non-hydrogen) atoms. The fourth-order valence-electron chi connectivity index (χ4n) is 10.2. The average molecular weight is 323 g/mol.